The molecule has 0 saturated heterocycles. The lowest BCUT2D eigenvalue weighted by molar-refractivity contribution is 0.107. The zero-order valence-corrected chi connectivity index (χ0v) is 9.40. The highest BCUT2D eigenvalue weighted by molar-refractivity contribution is 5.26. The molecule has 0 saturated carbocycles. The van der Waals surface area contributed by atoms with Crippen molar-refractivity contribution in [1.29, 1.82) is 0 Å². The van der Waals surface area contributed by atoms with Crippen LogP contribution in [-0.2, 0) is 11.3 Å². The topological polar surface area (TPSA) is 44.5 Å². The Morgan fingerprint density at radius 2 is 1.93 bits per heavy atom. The van der Waals surface area contributed by atoms with Gasteiger partial charge >= 0.3 is 0 Å². The fourth-order valence-corrected chi connectivity index (χ4v) is 1.17. The van der Waals surface area contributed by atoms with E-state index in [1.165, 1.54) is 0 Å². The second-order valence-corrected chi connectivity index (χ2v) is 3.53. The highest BCUT2D eigenvalue weighted by atomic mass is 16.5. The number of hydrogen-bond donors (Lipinski definition) is 1. The summed E-state index contributed by atoms with van der Waals surface area (Å²) in [6, 6.07) is 7.99. The molecular weight excluding hydrogens is 190 g/mol. The summed E-state index contributed by atoms with van der Waals surface area (Å²) in [5.41, 5.74) is 6.88. The third-order valence-electron chi connectivity index (χ3n) is 2.28. The van der Waals surface area contributed by atoms with Crippen LogP contribution in [0.4, 0.5) is 0 Å². The van der Waals surface area contributed by atoms with E-state index in [0.717, 1.165) is 17.7 Å². The van der Waals surface area contributed by atoms with Crippen LogP contribution in [0.3, 0.4) is 0 Å². The van der Waals surface area contributed by atoms with Gasteiger partial charge in [0.05, 0.1) is 20.3 Å². The van der Waals surface area contributed by atoms with Crippen molar-refractivity contribution in [2.45, 2.75) is 26.0 Å². The Morgan fingerprint density at radius 3 is 2.47 bits per heavy atom. The molecule has 1 aromatic rings. The van der Waals surface area contributed by atoms with Crippen LogP contribution in [-0.4, -0.2) is 19.8 Å². The summed E-state index contributed by atoms with van der Waals surface area (Å²) in [7, 11) is 1.66. The quantitative estimate of drug-likeness (QED) is 0.778. The van der Waals surface area contributed by atoms with E-state index in [0.29, 0.717) is 13.2 Å². The average molecular weight is 209 g/mol. The Hall–Kier alpha value is -1.06. The van der Waals surface area contributed by atoms with Gasteiger partial charge in [-0.2, -0.15) is 0 Å². The molecule has 0 aliphatic carbocycles. The van der Waals surface area contributed by atoms with E-state index in [9.17, 15) is 0 Å². The summed E-state index contributed by atoms with van der Waals surface area (Å²) >= 11 is 0. The number of ether oxygens (including phenoxy) is 2. The third kappa shape index (κ3) is 4.32. The third-order valence-corrected chi connectivity index (χ3v) is 2.28. The molecule has 0 aliphatic heterocycles. The van der Waals surface area contributed by atoms with Gasteiger partial charge in [0, 0.05) is 6.04 Å². The van der Waals surface area contributed by atoms with E-state index in [-0.39, 0.29) is 6.04 Å². The highest BCUT2D eigenvalue weighted by Gasteiger charge is 1.99. The number of methoxy groups -OCH3 is 1. The molecule has 2 N–H and O–H groups in total. The summed E-state index contributed by atoms with van der Waals surface area (Å²) in [4.78, 5) is 0. The molecule has 0 bridgehead atoms. The van der Waals surface area contributed by atoms with Gasteiger partial charge in [0.15, 0.2) is 0 Å². The lowest BCUT2D eigenvalue weighted by Crippen LogP contribution is -2.24. The fraction of sp³-hybridized carbons (Fsp3) is 0.500. The normalized spacial score (nSPS) is 12.5. The summed E-state index contributed by atoms with van der Waals surface area (Å²) in [5.74, 6) is 0.865. The Morgan fingerprint density at radius 1 is 1.27 bits per heavy atom. The summed E-state index contributed by atoms with van der Waals surface area (Å²) in [6.07, 6.45) is 0.947. The first-order chi connectivity index (χ1) is 7.26. The molecule has 3 heteroatoms. The number of benzene rings is 1. The van der Waals surface area contributed by atoms with E-state index < -0.39 is 0 Å². The maximum atomic E-state index is 5.74. The number of hydrogen-bond acceptors (Lipinski definition) is 3. The predicted molar refractivity (Wildman–Crippen MR) is 60.9 cm³/mol. The Balaban J connectivity index is 2.31. The van der Waals surface area contributed by atoms with Gasteiger partial charge in [-0.3, -0.25) is 0 Å². The maximum Gasteiger partial charge on any atom is 0.118 e. The van der Waals surface area contributed by atoms with E-state index in [2.05, 4.69) is 6.92 Å². The van der Waals surface area contributed by atoms with Gasteiger partial charge in [0.2, 0.25) is 0 Å². The standard InChI is InChI=1S/C12H19NO2/c1-3-11(13)9-15-8-10-4-6-12(14-2)7-5-10/h4-7,11H,3,8-9,13H2,1-2H3. The van der Waals surface area contributed by atoms with Gasteiger partial charge in [-0.1, -0.05) is 19.1 Å². The summed E-state index contributed by atoms with van der Waals surface area (Å²) in [6.45, 7) is 3.28. The van der Waals surface area contributed by atoms with Crippen molar-refractivity contribution in [1.82, 2.24) is 0 Å². The van der Waals surface area contributed by atoms with Crippen LogP contribution < -0.4 is 10.5 Å². The van der Waals surface area contributed by atoms with Crippen molar-refractivity contribution in [2.75, 3.05) is 13.7 Å². The first-order valence-corrected chi connectivity index (χ1v) is 5.22. The Bertz CT molecular complexity index is 271. The molecule has 0 spiro atoms. The van der Waals surface area contributed by atoms with Gasteiger partial charge < -0.3 is 15.2 Å². The van der Waals surface area contributed by atoms with Gasteiger partial charge in [0.1, 0.15) is 5.75 Å². The Kier molecular flexibility index (Phi) is 5.15. The number of nitrogens with two attached hydrogens (primary N) is 1. The first-order valence-electron chi connectivity index (χ1n) is 5.22. The largest absolute Gasteiger partial charge is 0.497 e. The molecular formula is C12H19NO2. The van der Waals surface area contributed by atoms with E-state index in [4.69, 9.17) is 15.2 Å². The van der Waals surface area contributed by atoms with E-state index >= 15 is 0 Å². The van der Waals surface area contributed by atoms with Crippen LogP contribution in [0.1, 0.15) is 18.9 Å². The second-order valence-electron chi connectivity index (χ2n) is 3.53. The van der Waals surface area contributed by atoms with Crippen LogP contribution in [0, 0.1) is 0 Å². The molecule has 15 heavy (non-hydrogen) atoms. The highest BCUT2D eigenvalue weighted by Crippen LogP contribution is 2.11. The minimum Gasteiger partial charge on any atom is -0.497 e. The monoisotopic (exact) mass is 209 g/mol. The van der Waals surface area contributed by atoms with Crippen LogP contribution in [0.5, 0.6) is 5.75 Å². The predicted octanol–water partition coefficient (Wildman–Crippen LogP) is 1.95. The van der Waals surface area contributed by atoms with Gasteiger partial charge in [-0.05, 0) is 24.1 Å². The minimum atomic E-state index is 0.142. The van der Waals surface area contributed by atoms with Crippen LogP contribution in [0.2, 0.25) is 0 Å². The van der Waals surface area contributed by atoms with Gasteiger partial charge in [-0.15, -0.1) is 0 Å². The molecule has 0 amide bonds. The number of rotatable bonds is 6. The summed E-state index contributed by atoms with van der Waals surface area (Å²) < 4.78 is 10.5. The van der Waals surface area contributed by atoms with Crippen molar-refractivity contribution >= 4 is 0 Å². The molecule has 0 fully saturated rings. The average Bonchev–Trinajstić information content (AvgIpc) is 2.29. The van der Waals surface area contributed by atoms with Crippen molar-refractivity contribution in [2.24, 2.45) is 5.73 Å². The lowest BCUT2D eigenvalue weighted by atomic mass is 10.2. The second kappa shape index (κ2) is 6.43. The molecule has 0 aromatic heterocycles. The fourth-order valence-electron chi connectivity index (χ4n) is 1.17. The molecule has 0 aliphatic rings. The van der Waals surface area contributed by atoms with Crippen molar-refractivity contribution < 1.29 is 9.47 Å². The molecule has 1 unspecified atom stereocenters. The molecule has 1 aromatic carbocycles. The zero-order valence-electron chi connectivity index (χ0n) is 9.40. The van der Waals surface area contributed by atoms with Crippen molar-refractivity contribution in [3.63, 3.8) is 0 Å². The molecule has 3 nitrogen and oxygen atoms in total. The van der Waals surface area contributed by atoms with Crippen LogP contribution >= 0.6 is 0 Å². The smallest absolute Gasteiger partial charge is 0.118 e. The first kappa shape index (κ1) is 12.0. The minimum absolute atomic E-state index is 0.142. The molecule has 0 radical (unpaired) electrons. The molecule has 84 valence electrons. The molecule has 1 atom stereocenters. The Labute approximate surface area is 91.2 Å². The molecule has 1 rings (SSSR count). The van der Waals surface area contributed by atoms with Gasteiger partial charge in [0.25, 0.3) is 0 Å². The van der Waals surface area contributed by atoms with Crippen LogP contribution in [0.25, 0.3) is 0 Å². The van der Waals surface area contributed by atoms with E-state index in [1.807, 2.05) is 24.3 Å². The maximum absolute atomic E-state index is 5.74. The van der Waals surface area contributed by atoms with Crippen molar-refractivity contribution in [3.8, 4) is 5.75 Å². The van der Waals surface area contributed by atoms with Crippen molar-refractivity contribution in [3.05, 3.63) is 29.8 Å². The molecule has 0 heterocycles. The SMILES string of the molecule is CCC(N)COCc1ccc(OC)cc1. The lowest BCUT2D eigenvalue weighted by Gasteiger charge is -2.09. The zero-order chi connectivity index (χ0) is 11.1. The summed E-state index contributed by atoms with van der Waals surface area (Å²) in [5, 5.41) is 0. The van der Waals surface area contributed by atoms with E-state index in [1.54, 1.807) is 7.11 Å². The van der Waals surface area contributed by atoms with Gasteiger partial charge in [-0.25, -0.2) is 0 Å². The van der Waals surface area contributed by atoms with Crippen LogP contribution in [0.15, 0.2) is 24.3 Å².